The quantitative estimate of drug-likeness (QED) is 0.866. The highest BCUT2D eigenvalue weighted by Gasteiger charge is 2.17. The lowest BCUT2D eigenvalue weighted by atomic mass is 9.89. The van der Waals surface area contributed by atoms with Crippen LogP contribution in [-0.4, -0.2) is 37.3 Å². The largest absolute Gasteiger partial charge is 0.497 e. The second-order valence-electron chi connectivity index (χ2n) is 6.01. The maximum absolute atomic E-state index is 10.3. The van der Waals surface area contributed by atoms with Gasteiger partial charge in [-0.1, -0.05) is 31.4 Å². The maximum atomic E-state index is 10.3. The first-order valence-electron chi connectivity index (χ1n) is 7.69. The van der Waals surface area contributed by atoms with Gasteiger partial charge in [-0.05, 0) is 43.5 Å². The van der Waals surface area contributed by atoms with Gasteiger partial charge in [-0.2, -0.15) is 0 Å². The van der Waals surface area contributed by atoms with Crippen molar-refractivity contribution in [1.29, 1.82) is 0 Å². The predicted molar refractivity (Wildman–Crippen MR) is 82.0 cm³/mol. The van der Waals surface area contributed by atoms with Crippen LogP contribution in [0.25, 0.3) is 0 Å². The molecular formula is C17H27NO2. The van der Waals surface area contributed by atoms with E-state index in [1.807, 2.05) is 24.3 Å². The molecule has 2 rings (SSSR count). The molecule has 0 bridgehead atoms. The summed E-state index contributed by atoms with van der Waals surface area (Å²) in [6, 6.07) is 7.69. The number of hydrogen-bond donors (Lipinski definition) is 1. The molecule has 3 heteroatoms. The Balaban J connectivity index is 1.81. The first-order chi connectivity index (χ1) is 9.69. The number of aliphatic hydroxyl groups excluding tert-OH is 1. The smallest absolute Gasteiger partial charge is 0.118 e. The Morgan fingerprint density at radius 2 is 1.85 bits per heavy atom. The van der Waals surface area contributed by atoms with E-state index in [2.05, 4.69) is 11.9 Å². The summed E-state index contributed by atoms with van der Waals surface area (Å²) in [6.07, 6.45) is 6.43. The highest BCUT2D eigenvalue weighted by Crippen LogP contribution is 2.25. The number of hydrogen-bond acceptors (Lipinski definition) is 3. The van der Waals surface area contributed by atoms with Crippen molar-refractivity contribution in [3.63, 3.8) is 0 Å². The number of ether oxygens (including phenoxy) is 1. The van der Waals surface area contributed by atoms with E-state index in [1.54, 1.807) is 7.11 Å². The normalized spacial score (nSPS) is 18.2. The topological polar surface area (TPSA) is 32.7 Å². The molecule has 112 valence electrons. The van der Waals surface area contributed by atoms with E-state index in [0.29, 0.717) is 6.54 Å². The van der Waals surface area contributed by atoms with E-state index in [4.69, 9.17) is 4.74 Å². The standard InChI is InChI=1S/C17H27NO2/c1-18(12-14-6-4-3-5-7-14)13-17(19)15-8-10-16(20-2)11-9-15/h8-11,14,17,19H,3-7,12-13H2,1-2H3. The number of likely N-dealkylation sites (N-methyl/N-ethyl adjacent to an activating group) is 1. The van der Waals surface area contributed by atoms with Crippen molar-refractivity contribution in [2.75, 3.05) is 27.2 Å². The van der Waals surface area contributed by atoms with Crippen molar-refractivity contribution < 1.29 is 9.84 Å². The van der Waals surface area contributed by atoms with E-state index >= 15 is 0 Å². The van der Waals surface area contributed by atoms with Crippen molar-refractivity contribution in [2.45, 2.75) is 38.2 Å². The van der Waals surface area contributed by atoms with Gasteiger partial charge in [0.15, 0.2) is 0 Å². The van der Waals surface area contributed by atoms with E-state index in [0.717, 1.165) is 23.8 Å². The lowest BCUT2D eigenvalue weighted by Gasteiger charge is -2.28. The van der Waals surface area contributed by atoms with E-state index in [1.165, 1.54) is 32.1 Å². The molecule has 1 aliphatic carbocycles. The zero-order chi connectivity index (χ0) is 14.4. The van der Waals surface area contributed by atoms with Crippen LogP contribution in [0.1, 0.15) is 43.8 Å². The molecule has 0 amide bonds. The van der Waals surface area contributed by atoms with Gasteiger partial charge in [-0.15, -0.1) is 0 Å². The van der Waals surface area contributed by atoms with Gasteiger partial charge in [0.1, 0.15) is 5.75 Å². The second-order valence-corrected chi connectivity index (χ2v) is 6.01. The van der Waals surface area contributed by atoms with Gasteiger partial charge in [0.2, 0.25) is 0 Å². The monoisotopic (exact) mass is 277 g/mol. The summed E-state index contributed by atoms with van der Waals surface area (Å²) in [5.74, 6) is 1.65. The second kappa shape index (κ2) is 7.65. The highest BCUT2D eigenvalue weighted by atomic mass is 16.5. The molecule has 1 unspecified atom stereocenters. The molecule has 0 heterocycles. The zero-order valence-corrected chi connectivity index (χ0v) is 12.7. The fourth-order valence-corrected chi connectivity index (χ4v) is 3.11. The van der Waals surface area contributed by atoms with Crippen LogP contribution in [0.4, 0.5) is 0 Å². The molecule has 0 aliphatic heterocycles. The Morgan fingerprint density at radius 1 is 1.20 bits per heavy atom. The van der Waals surface area contributed by atoms with Crippen LogP contribution in [0.3, 0.4) is 0 Å². The van der Waals surface area contributed by atoms with Crippen LogP contribution < -0.4 is 4.74 Å². The lowest BCUT2D eigenvalue weighted by Crippen LogP contribution is -2.30. The third kappa shape index (κ3) is 4.50. The summed E-state index contributed by atoms with van der Waals surface area (Å²) in [6.45, 7) is 1.80. The van der Waals surface area contributed by atoms with Crippen LogP contribution >= 0.6 is 0 Å². The number of aliphatic hydroxyl groups is 1. The fourth-order valence-electron chi connectivity index (χ4n) is 3.11. The van der Waals surface area contributed by atoms with Crippen LogP contribution in [0.5, 0.6) is 5.75 Å². The summed E-state index contributed by atoms with van der Waals surface area (Å²) in [5, 5.41) is 10.3. The molecule has 0 spiro atoms. The van der Waals surface area contributed by atoms with Crippen LogP contribution in [0.2, 0.25) is 0 Å². The highest BCUT2D eigenvalue weighted by molar-refractivity contribution is 5.28. The minimum absolute atomic E-state index is 0.422. The summed E-state index contributed by atoms with van der Waals surface area (Å²) >= 11 is 0. The summed E-state index contributed by atoms with van der Waals surface area (Å²) in [5.41, 5.74) is 0.960. The molecule has 0 radical (unpaired) electrons. The fraction of sp³-hybridized carbons (Fsp3) is 0.647. The van der Waals surface area contributed by atoms with Crippen molar-refractivity contribution >= 4 is 0 Å². The van der Waals surface area contributed by atoms with Gasteiger partial charge < -0.3 is 14.7 Å². The van der Waals surface area contributed by atoms with Gasteiger partial charge in [-0.3, -0.25) is 0 Å². The van der Waals surface area contributed by atoms with Crippen molar-refractivity contribution in [3.05, 3.63) is 29.8 Å². The van der Waals surface area contributed by atoms with Gasteiger partial charge >= 0.3 is 0 Å². The lowest BCUT2D eigenvalue weighted by molar-refractivity contribution is 0.113. The van der Waals surface area contributed by atoms with Crippen molar-refractivity contribution in [2.24, 2.45) is 5.92 Å². The molecule has 1 aliphatic rings. The van der Waals surface area contributed by atoms with Crippen molar-refractivity contribution in [1.82, 2.24) is 4.90 Å². The molecule has 20 heavy (non-hydrogen) atoms. The van der Waals surface area contributed by atoms with Gasteiger partial charge in [0.25, 0.3) is 0 Å². The third-order valence-corrected chi connectivity index (χ3v) is 4.28. The van der Waals surface area contributed by atoms with E-state index in [9.17, 15) is 5.11 Å². The summed E-state index contributed by atoms with van der Waals surface area (Å²) in [7, 11) is 3.77. The molecule has 1 saturated carbocycles. The van der Waals surface area contributed by atoms with Crippen LogP contribution in [0, 0.1) is 5.92 Å². The number of benzene rings is 1. The third-order valence-electron chi connectivity index (χ3n) is 4.28. The minimum Gasteiger partial charge on any atom is -0.497 e. The van der Waals surface area contributed by atoms with Gasteiger partial charge in [-0.25, -0.2) is 0 Å². The Kier molecular flexibility index (Phi) is 5.86. The Morgan fingerprint density at radius 3 is 2.45 bits per heavy atom. The van der Waals surface area contributed by atoms with Gasteiger partial charge in [0.05, 0.1) is 13.2 Å². The molecule has 1 aromatic carbocycles. The number of nitrogens with zero attached hydrogens (tertiary/aromatic N) is 1. The first kappa shape index (κ1) is 15.3. The van der Waals surface area contributed by atoms with E-state index in [-0.39, 0.29) is 0 Å². The van der Waals surface area contributed by atoms with Gasteiger partial charge in [0, 0.05) is 13.1 Å². The zero-order valence-electron chi connectivity index (χ0n) is 12.7. The number of methoxy groups -OCH3 is 1. The van der Waals surface area contributed by atoms with Crippen molar-refractivity contribution in [3.8, 4) is 5.75 Å². The molecular weight excluding hydrogens is 250 g/mol. The molecule has 1 atom stereocenters. The average molecular weight is 277 g/mol. The van der Waals surface area contributed by atoms with Crippen LogP contribution in [-0.2, 0) is 0 Å². The molecule has 0 aromatic heterocycles. The summed E-state index contributed by atoms with van der Waals surface area (Å²) in [4.78, 5) is 2.27. The molecule has 3 nitrogen and oxygen atoms in total. The Bertz CT molecular complexity index is 384. The molecule has 1 fully saturated rings. The predicted octanol–water partition coefficient (Wildman–Crippen LogP) is 3.24. The SMILES string of the molecule is COc1ccc(C(O)CN(C)CC2CCCCC2)cc1. The number of rotatable bonds is 6. The molecule has 1 N–H and O–H groups in total. The average Bonchev–Trinajstić information content (AvgIpc) is 2.48. The van der Waals surface area contributed by atoms with E-state index < -0.39 is 6.10 Å². The molecule has 1 aromatic rings. The first-order valence-corrected chi connectivity index (χ1v) is 7.69. The maximum Gasteiger partial charge on any atom is 0.118 e. The Hall–Kier alpha value is -1.06. The minimum atomic E-state index is -0.422. The summed E-state index contributed by atoms with van der Waals surface area (Å²) < 4.78 is 5.14. The molecule has 0 saturated heterocycles. The Labute approximate surface area is 122 Å². The van der Waals surface area contributed by atoms with Crippen LogP contribution in [0.15, 0.2) is 24.3 Å².